The van der Waals surface area contributed by atoms with Crippen LogP contribution in [-0.2, 0) is 38.6 Å². The van der Waals surface area contributed by atoms with Gasteiger partial charge in [0.25, 0.3) is 10.0 Å². The van der Waals surface area contributed by atoms with Crippen molar-refractivity contribution in [3.05, 3.63) is 70.5 Å². The molecule has 0 fully saturated rings. The van der Waals surface area contributed by atoms with Crippen molar-refractivity contribution in [1.82, 2.24) is 14.5 Å². The molecule has 2 aliphatic heterocycles. The van der Waals surface area contributed by atoms with Crippen LogP contribution in [-0.4, -0.2) is 43.8 Å². The molecule has 3 heterocycles. The predicted molar refractivity (Wildman–Crippen MR) is 168 cm³/mol. The molecule has 0 saturated heterocycles. The standard InChI is InChI=1S/C33H41ClN4O4S/c1-5-7-24-19-37-20-33(14-6-8-23-16-25(34)9-11-28(23)33)21-42-30-12-10-27(18-29(30)37)43(40,41)36-31(39)17-26-13-15-38(35-26)32(3,4)22(24)2/h9-13,15-16,18,22,24H,5-8,14,17,19-21H2,1-4H3,(H,36,39)/t22-,24+,33+/m1/s1. The third-order valence-corrected chi connectivity index (χ3v) is 11.7. The summed E-state index contributed by atoms with van der Waals surface area (Å²) in [5.74, 6) is 0.529. The maximum atomic E-state index is 13.5. The van der Waals surface area contributed by atoms with Crippen LogP contribution in [0.2, 0.25) is 5.02 Å². The molecule has 8 nitrogen and oxygen atoms in total. The number of halogens is 1. The first-order valence-corrected chi connectivity index (χ1v) is 17.2. The second-order valence-electron chi connectivity index (χ2n) is 13.2. The highest BCUT2D eigenvalue weighted by Gasteiger charge is 2.43. The van der Waals surface area contributed by atoms with E-state index in [2.05, 4.69) is 49.4 Å². The van der Waals surface area contributed by atoms with E-state index in [0.29, 0.717) is 24.6 Å². The summed E-state index contributed by atoms with van der Waals surface area (Å²) in [5.41, 5.74) is 3.17. The van der Waals surface area contributed by atoms with E-state index in [1.807, 2.05) is 16.9 Å². The van der Waals surface area contributed by atoms with Gasteiger partial charge in [0.05, 0.1) is 34.8 Å². The molecular formula is C33H41ClN4O4S. The number of rotatable bonds is 2. The summed E-state index contributed by atoms with van der Waals surface area (Å²) in [5, 5.41) is 5.48. The number of anilines is 1. The topological polar surface area (TPSA) is 93.5 Å². The van der Waals surface area contributed by atoms with Crippen LogP contribution in [0, 0.1) is 11.8 Å². The van der Waals surface area contributed by atoms with Crippen LogP contribution in [0.4, 0.5) is 5.69 Å². The second kappa shape index (κ2) is 11.1. The van der Waals surface area contributed by atoms with Crippen LogP contribution in [0.3, 0.4) is 0 Å². The third-order valence-electron chi connectivity index (χ3n) is 10.1. The lowest BCUT2D eigenvalue weighted by Gasteiger charge is -2.44. The maximum Gasteiger partial charge on any atom is 0.264 e. The number of amides is 1. The Morgan fingerprint density at radius 1 is 1.16 bits per heavy atom. The molecule has 0 unspecified atom stereocenters. The number of benzene rings is 2. The van der Waals surface area contributed by atoms with Crippen LogP contribution in [0.25, 0.3) is 0 Å². The molecule has 3 atom stereocenters. The molecule has 2 aromatic carbocycles. The molecule has 1 aliphatic carbocycles. The zero-order chi connectivity index (χ0) is 30.6. The smallest absolute Gasteiger partial charge is 0.264 e. The molecule has 0 saturated carbocycles. The van der Waals surface area contributed by atoms with E-state index in [9.17, 15) is 13.2 Å². The summed E-state index contributed by atoms with van der Waals surface area (Å²) in [7, 11) is -4.12. The molecule has 1 amide bonds. The van der Waals surface area contributed by atoms with Crippen LogP contribution in [0.15, 0.2) is 53.6 Å². The molecule has 3 aromatic rings. The fourth-order valence-corrected chi connectivity index (χ4v) is 8.58. The van der Waals surface area contributed by atoms with E-state index in [4.69, 9.17) is 21.4 Å². The molecule has 0 radical (unpaired) electrons. The van der Waals surface area contributed by atoms with Crippen molar-refractivity contribution in [2.24, 2.45) is 11.8 Å². The molecule has 3 aliphatic rings. The lowest BCUT2D eigenvalue weighted by molar-refractivity contribution is -0.118. The number of hydrogen-bond donors (Lipinski definition) is 1. The van der Waals surface area contributed by atoms with E-state index in [-0.39, 0.29) is 34.1 Å². The highest BCUT2D eigenvalue weighted by Crippen LogP contribution is 2.46. The SMILES string of the molecule is CCC[C@H]1CN2C[C@@]3(CCCc4cc(Cl)ccc43)COc3ccc(cc32)S(=O)(=O)NC(=O)Cc2ccn(n2)C(C)(C)[C@@H]1C. The number of carbonyl (C=O) groups is 1. The lowest BCUT2D eigenvalue weighted by atomic mass is 9.69. The van der Waals surface area contributed by atoms with Gasteiger partial charge in [0.2, 0.25) is 5.91 Å². The molecule has 43 heavy (non-hydrogen) atoms. The van der Waals surface area contributed by atoms with Crippen molar-refractivity contribution in [3.8, 4) is 5.75 Å². The van der Waals surface area contributed by atoms with E-state index >= 15 is 0 Å². The van der Waals surface area contributed by atoms with E-state index in [0.717, 1.165) is 49.4 Å². The summed E-state index contributed by atoms with van der Waals surface area (Å²) in [6.45, 7) is 10.8. The Kier molecular flexibility index (Phi) is 7.78. The number of sulfonamides is 1. The number of fused-ring (bicyclic) bond motifs is 5. The Bertz CT molecular complexity index is 1650. The summed E-state index contributed by atoms with van der Waals surface area (Å²) in [6.07, 6.45) is 6.76. The van der Waals surface area contributed by atoms with Gasteiger partial charge in [-0.3, -0.25) is 9.48 Å². The normalized spacial score (nSPS) is 26.3. The number of hydrogen-bond acceptors (Lipinski definition) is 6. The Balaban J connectivity index is 1.51. The molecular weight excluding hydrogens is 584 g/mol. The molecule has 10 heteroatoms. The Morgan fingerprint density at radius 2 is 1.98 bits per heavy atom. The van der Waals surface area contributed by atoms with Crippen LogP contribution < -0.4 is 14.4 Å². The zero-order valence-electron chi connectivity index (χ0n) is 25.4. The van der Waals surface area contributed by atoms with Gasteiger partial charge in [0, 0.05) is 29.7 Å². The number of nitrogens with zero attached hydrogens (tertiary/aromatic N) is 3. The van der Waals surface area contributed by atoms with Gasteiger partial charge in [0.15, 0.2) is 0 Å². The largest absolute Gasteiger partial charge is 0.490 e. The first-order valence-electron chi connectivity index (χ1n) is 15.3. The predicted octanol–water partition coefficient (Wildman–Crippen LogP) is 5.86. The van der Waals surface area contributed by atoms with Crippen LogP contribution >= 0.6 is 11.6 Å². The van der Waals surface area contributed by atoms with Gasteiger partial charge >= 0.3 is 0 Å². The number of aryl methyl sites for hydroxylation is 1. The number of carbonyl (C=O) groups excluding carboxylic acids is 1. The molecule has 230 valence electrons. The van der Waals surface area contributed by atoms with E-state index in [1.54, 1.807) is 18.2 Å². The fourth-order valence-electron chi connectivity index (χ4n) is 7.39. The number of aromatic nitrogens is 2. The Labute approximate surface area is 259 Å². The minimum absolute atomic E-state index is 0.0424. The van der Waals surface area contributed by atoms with Gasteiger partial charge in [-0.2, -0.15) is 5.10 Å². The fraction of sp³-hybridized carbons (Fsp3) is 0.515. The van der Waals surface area contributed by atoms with Gasteiger partial charge in [-0.05, 0) is 98.9 Å². The van der Waals surface area contributed by atoms with Crippen molar-refractivity contribution in [2.45, 2.75) is 82.1 Å². The van der Waals surface area contributed by atoms with Gasteiger partial charge < -0.3 is 9.64 Å². The second-order valence-corrected chi connectivity index (χ2v) is 15.3. The Hall–Kier alpha value is -3.04. The summed E-state index contributed by atoms with van der Waals surface area (Å²) in [6, 6.07) is 13.0. The Morgan fingerprint density at radius 3 is 2.77 bits per heavy atom. The minimum atomic E-state index is -4.12. The monoisotopic (exact) mass is 624 g/mol. The summed E-state index contributed by atoms with van der Waals surface area (Å²) < 4.78 is 37.7. The summed E-state index contributed by atoms with van der Waals surface area (Å²) in [4.78, 5) is 15.3. The van der Waals surface area contributed by atoms with E-state index in [1.165, 1.54) is 17.2 Å². The van der Waals surface area contributed by atoms with Crippen molar-refractivity contribution in [2.75, 3.05) is 24.6 Å². The minimum Gasteiger partial charge on any atom is -0.490 e. The number of ether oxygens (including phenoxy) is 1. The van der Waals surface area contributed by atoms with Gasteiger partial charge in [-0.25, -0.2) is 13.1 Å². The van der Waals surface area contributed by atoms with Gasteiger partial charge in [-0.1, -0.05) is 37.9 Å². The maximum absolute atomic E-state index is 13.5. The van der Waals surface area contributed by atoms with Crippen molar-refractivity contribution in [1.29, 1.82) is 0 Å². The molecule has 1 N–H and O–H groups in total. The summed E-state index contributed by atoms with van der Waals surface area (Å²) >= 11 is 6.43. The van der Waals surface area contributed by atoms with Crippen molar-refractivity contribution in [3.63, 3.8) is 0 Å². The number of nitrogens with one attached hydrogen (secondary N) is 1. The molecule has 6 rings (SSSR count). The molecule has 1 aromatic heterocycles. The van der Waals surface area contributed by atoms with Gasteiger partial charge in [0.1, 0.15) is 5.75 Å². The molecule has 4 bridgehead atoms. The van der Waals surface area contributed by atoms with Gasteiger partial charge in [-0.15, -0.1) is 0 Å². The van der Waals surface area contributed by atoms with Crippen LogP contribution in [0.5, 0.6) is 5.75 Å². The lowest BCUT2D eigenvalue weighted by Crippen LogP contribution is -2.48. The van der Waals surface area contributed by atoms with Crippen molar-refractivity contribution >= 4 is 33.2 Å². The first-order chi connectivity index (χ1) is 20.4. The average molecular weight is 625 g/mol. The average Bonchev–Trinajstić information content (AvgIpc) is 3.37. The van der Waals surface area contributed by atoms with Crippen LogP contribution in [0.1, 0.15) is 70.2 Å². The third kappa shape index (κ3) is 5.55. The quantitative estimate of drug-likeness (QED) is 0.384. The highest BCUT2D eigenvalue weighted by atomic mass is 35.5. The van der Waals surface area contributed by atoms with E-state index < -0.39 is 15.9 Å². The van der Waals surface area contributed by atoms with Crippen molar-refractivity contribution < 1.29 is 17.9 Å². The first kappa shape index (κ1) is 30.0. The zero-order valence-corrected chi connectivity index (χ0v) is 27.0. The molecule has 1 spiro atoms. The highest BCUT2D eigenvalue weighted by molar-refractivity contribution is 7.90.